The molecule has 3 rings (SSSR count). The van der Waals surface area contributed by atoms with Gasteiger partial charge >= 0.3 is 0 Å². The minimum Gasteiger partial charge on any atom is -0.324 e. The zero-order valence-electron chi connectivity index (χ0n) is 14.3. The largest absolute Gasteiger partial charge is 0.324 e. The van der Waals surface area contributed by atoms with E-state index in [1.54, 1.807) is 11.8 Å². The average molecular weight is 369 g/mol. The van der Waals surface area contributed by atoms with Crippen molar-refractivity contribution in [1.82, 2.24) is 15.0 Å². The number of aromatic nitrogens is 3. The van der Waals surface area contributed by atoms with Gasteiger partial charge in [0.15, 0.2) is 10.3 Å². The summed E-state index contributed by atoms with van der Waals surface area (Å²) < 4.78 is 0. The zero-order chi connectivity index (χ0) is 17.5. The predicted molar refractivity (Wildman–Crippen MR) is 107 cm³/mol. The molecule has 6 heteroatoms. The molecule has 0 aliphatic carbocycles. The Kier molecular flexibility index (Phi) is 6.30. The van der Waals surface area contributed by atoms with Crippen molar-refractivity contribution in [3.05, 3.63) is 65.7 Å². The lowest BCUT2D eigenvalue weighted by Gasteiger charge is -2.08. The quantitative estimate of drug-likeness (QED) is 0.579. The van der Waals surface area contributed by atoms with Gasteiger partial charge in [-0.3, -0.25) is 0 Å². The summed E-state index contributed by atoms with van der Waals surface area (Å²) in [5.74, 6) is 1.42. The van der Waals surface area contributed by atoms with Crippen LogP contribution in [0.3, 0.4) is 0 Å². The molecule has 128 valence electrons. The first kappa shape index (κ1) is 17.8. The molecule has 0 amide bonds. The highest BCUT2D eigenvalue weighted by Crippen LogP contribution is 2.24. The molecule has 1 N–H and O–H groups in total. The van der Waals surface area contributed by atoms with Crippen LogP contribution in [0, 0.1) is 0 Å². The zero-order valence-corrected chi connectivity index (χ0v) is 15.9. The second-order valence-corrected chi connectivity index (χ2v) is 7.09. The van der Waals surface area contributed by atoms with Gasteiger partial charge in [-0.1, -0.05) is 72.9 Å². The molecule has 0 fully saturated rings. The standard InChI is InChI=1S/C19H20N4S2/c1-3-14-9-11-15(12-10-14)13-25-19-22-17(21-18(23-19)24-2)20-16-7-5-4-6-8-16/h4-12H,3,13H2,1-2H3,(H,20,21,22,23). The van der Waals surface area contributed by atoms with Crippen LogP contribution in [0.15, 0.2) is 64.9 Å². The molecule has 2 aromatic carbocycles. The maximum atomic E-state index is 4.54. The Hall–Kier alpha value is -2.05. The van der Waals surface area contributed by atoms with E-state index in [2.05, 4.69) is 51.5 Å². The summed E-state index contributed by atoms with van der Waals surface area (Å²) in [5.41, 5.74) is 3.59. The molecule has 0 radical (unpaired) electrons. The maximum absolute atomic E-state index is 4.54. The fraction of sp³-hybridized carbons (Fsp3) is 0.211. The van der Waals surface area contributed by atoms with Crippen LogP contribution in [-0.2, 0) is 12.2 Å². The minimum atomic E-state index is 0.578. The number of benzene rings is 2. The highest BCUT2D eigenvalue weighted by atomic mass is 32.2. The molecule has 0 saturated heterocycles. The minimum absolute atomic E-state index is 0.578. The van der Waals surface area contributed by atoms with Gasteiger partial charge in [0.25, 0.3) is 0 Å². The number of hydrogen-bond donors (Lipinski definition) is 1. The van der Waals surface area contributed by atoms with Gasteiger partial charge in [-0.2, -0.15) is 15.0 Å². The lowest BCUT2D eigenvalue weighted by molar-refractivity contribution is 0.811. The first-order chi connectivity index (χ1) is 12.3. The number of hydrogen-bond acceptors (Lipinski definition) is 6. The molecule has 0 saturated carbocycles. The number of para-hydroxylation sites is 1. The predicted octanol–water partition coefficient (Wildman–Crippen LogP) is 5.19. The first-order valence-electron chi connectivity index (χ1n) is 8.09. The highest BCUT2D eigenvalue weighted by molar-refractivity contribution is 7.99. The number of anilines is 2. The fourth-order valence-corrected chi connectivity index (χ4v) is 3.42. The van der Waals surface area contributed by atoms with Crippen molar-refractivity contribution in [2.75, 3.05) is 11.6 Å². The third-order valence-electron chi connectivity index (χ3n) is 3.61. The van der Waals surface area contributed by atoms with Crippen LogP contribution in [0.4, 0.5) is 11.6 Å². The van der Waals surface area contributed by atoms with Gasteiger partial charge in [0, 0.05) is 11.4 Å². The fourth-order valence-electron chi connectivity index (χ4n) is 2.22. The van der Waals surface area contributed by atoms with E-state index in [1.807, 2.05) is 36.6 Å². The van der Waals surface area contributed by atoms with Crippen LogP contribution < -0.4 is 5.32 Å². The van der Waals surface area contributed by atoms with Gasteiger partial charge in [-0.05, 0) is 35.9 Å². The third-order valence-corrected chi connectivity index (χ3v) is 5.07. The molecule has 3 aromatic rings. The SMILES string of the molecule is CCc1ccc(CSc2nc(Nc3ccccc3)nc(SC)n2)cc1. The van der Waals surface area contributed by atoms with Crippen LogP contribution in [0.1, 0.15) is 18.1 Å². The van der Waals surface area contributed by atoms with Crippen LogP contribution in [-0.4, -0.2) is 21.2 Å². The number of aryl methyl sites for hydroxylation is 1. The van der Waals surface area contributed by atoms with E-state index in [9.17, 15) is 0 Å². The third kappa shape index (κ3) is 5.21. The molecule has 0 bridgehead atoms. The highest BCUT2D eigenvalue weighted by Gasteiger charge is 2.07. The summed E-state index contributed by atoms with van der Waals surface area (Å²) in [4.78, 5) is 13.5. The number of nitrogens with one attached hydrogen (secondary N) is 1. The van der Waals surface area contributed by atoms with E-state index < -0.39 is 0 Å². The Morgan fingerprint density at radius 3 is 2.20 bits per heavy atom. The molecule has 0 aliphatic heterocycles. The lowest BCUT2D eigenvalue weighted by Crippen LogP contribution is -2.02. The molecular weight excluding hydrogens is 348 g/mol. The van der Waals surface area contributed by atoms with Gasteiger partial charge < -0.3 is 5.32 Å². The molecule has 0 aliphatic rings. The van der Waals surface area contributed by atoms with Crippen molar-refractivity contribution in [2.45, 2.75) is 29.4 Å². The van der Waals surface area contributed by atoms with E-state index in [0.29, 0.717) is 5.95 Å². The molecular formula is C19H20N4S2. The summed E-state index contributed by atoms with van der Waals surface area (Å²) in [6.07, 6.45) is 3.03. The summed E-state index contributed by atoms with van der Waals surface area (Å²) in [7, 11) is 0. The summed E-state index contributed by atoms with van der Waals surface area (Å²) in [6, 6.07) is 18.6. The number of rotatable bonds is 7. The van der Waals surface area contributed by atoms with Gasteiger partial charge in [0.05, 0.1) is 0 Å². The number of thioether (sulfide) groups is 2. The van der Waals surface area contributed by atoms with Crippen LogP contribution >= 0.6 is 23.5 Å². The van der Waals surface area contributed by atoms with Crippen molar-refractivity contribution in [1.29, 1.82) is 0 Å². The first-order valence-corrected chi connectivity index (χ1v) is 10.3. The van der Waals surface area contributed by atoms with E-state index in [4.69, 9.17) is 0 Å². The molecule has 25 heavy (non-hydrogen) atoms. The Labute approximate surface area is 156 Å². The van der Waals surface area contributed by atoms with E-state index in [0.717, 1.165) is 28.2 Å². The Morgan fingerprint density at radius 2 is 1.52 bits per heavy atom. The Bertz CT molecular complexity index is 807. The summed E-state index contributed by atoms with van der Waals surface area (Å²) in [6.45, 7) is 2.17. The Morgan fingerprint density at radius 1 is 0.840 bits per heavy atom. The Balaban J connectivity index is 1.72. The molecule has 0 spiro atoms. The molecule has 0 unspecified atom stereocenters. The van der Waals surface area contributed by atoms with Crippen molar-refractivity contribution in [2.24, 2.45) is 0 Å². The number of nitrogens with zero attached hydrogens (tertiary/aromatic N) is 3. The lowest BCUT2D eigenvalue weighted by atomic mass is 10.1. The second-order valence-electron chi connectivity index (χ2n) is 5.38. The molecule has 4 nitrogen and oxygen atoms in total. The second kappa shape index (κ2) is 8.87. The van der Waals surface area contributed by atoms with E-state index >= 15 is 0 Å². The van der Waals surface area contributed by atoms with Gasteiger partial charge in [0.1, 0.15) is 0 Å². The summed E-state index contributed by atoms with van der Waals surface area (Å²) >= 11 is 3.14. The summed E-state index contributed by atoms with van der Waals surface area (Å²) in [5, 5.41) is 4.70. The molecule has 0 atom stereocenters. The van der Waals surface area contributed by atoms with Crippen molar-refractivity contribution in [3.8, 4) is 0 Å². The van der Waals surface area contributed by atoms with Crippen molar-refractivity contribution >= 4 is 35.2 Å². The topological polar surface area (TPSA) is 50.7 Å². The van der Waals surface area contributed by atoms with Gasteiger partial charge in [-0.15, -0.1) is 0 Å². The smallest absolute Gasteiger partial charge is 0.232 e. The molecule has 1 heterocycles. The van der Waals surface area contributed by atoms with Crippen LogP contribution in [0.25, 0.3) is 0 Å². The van der Waals surface area contributed by atoms with Crippen molar-refractivity contribution < 1.29 is 0 Å². The normalized spacial score (nSPS) is 10.6. The maximum Gasteiger partial charge on any atom is 0.232 e. The van der Waals surface area contributed by atoms with Crippen LogP contribution in [0.5, 0.6) is 0 Å². The average Bonchev–Trinajstić information content (AvgIpc) is 2.67. The van der Waals surface area contributed by atoms with Crippen LogP contribution in [0.2, 0.25) is 0 Å². The molecule has 1 aromatic heterocycles. The van der Waals surface area contributed by atoms with Gasteiger partial charge in [0.2, 0.25) is 5.95 Å². The van der Waals surface area contributed by atoms with E-state index in [1.165, 1.54) is 22.9 Å². The van der Waals surface area contributed by atoms with Crippen molar-refractivity contribution in [3.63, 3.8) is 0 Å². The van der Waals surface area contributed by atoms with E-state index in [-0.39, 0.29) is 0 Å². The van der Waals surface area contributed by atoms with Gasteiger partial charge in [-0.25, -0.2) is 0 Å². The monoisotopic (exact) mass is 368 g/mol.